The van der Waals surface area contributed by atoms with Crippen LogP contribution in [0.3, 0.4) is 0 Å². The molecule has 0 aromatic heterocycles. The number of carbonyl (C=O) groups excluding carboxylic acids is 1. The molecule has 1 amide bonds. The van der Waals surface area contributed by atoms with Gasteiger partial charge in [-0.15, -0.1) is 0 Å². The molecule has 1 N–H and O–H groups in total. The molecule has 64 valence electrons. The molecule has 0 atom stereocenters. The van der Waals surface area contributed by atoms with Crippen LogP contribution in [0.15, 0.2) is 11.8 Å². The minimum atomic E-state index is -0.0987. The van der Waals surface area contributed by atoms with Crippen molar-refractivity contribution in [2.45, 2.75) is 20.8 Å². The average molecular weight is 157 g/mol. The van der Waals surface area contributed by atoms with Crippen LogP contribution in [0.2, 0.25) is 0 Å². The Morgan fingerprint density at radius 2 is 2.18 bits per heavy atom. The van der Waals surface area contributed by atoms with Crippen LogP contribution in [-0.2, 0) is 9.53 Å². The second-order valence-electron chi connectivity index (χ2n) is 2.08. The van der Waals surface area contributed by atoms with E-state index >= 15 is 0 Å². The van der Waals surface area contributed by atoms with Crippen molar-refractivity contribution >= 4 is 5.91 Å². The highest BCUT2D eigenvalue weighted by Gasteiger charge is 1.94. The molecular weight excluding hydrogens is 142 g/mol. The summed E-state index contributed by atoms with van der Waals surface area (Å²) in [6, 6.07) is 0. The summed E-state index contributed by atoms with van der Waals surface area (Å²) >= 11 is 0. The second kappa shape index (κ2) is 5.77. The number of hydrogen-bond acceptors (Lipinski definition) is 2. The van der Waals surface area contributed by atoms with Crippen LogP contribution in [-0.4, -0.2) is 19.1 Å². The van der Waals surface area contributed by atoms with Gasteiger partial charge in [0.2, 0.25) is 5.91 Å². The Morgan fingerprint density at radius 3 is 2.64 bits per heavy atom. The van der Waals surface area contributed by atoms with Gasteiger partial charge in [-0.05, 0) is 20.8 Å². The van der Waals surface area contributed by atoms with E-state index in [-0.39, 0.29) is 5.91 Å². The summed E-state index contributed by atoms with van der Waals surface area (Å²) in [7, 11) is 0. The van der Waals surface area contributed by atoms with E-state index in [1.807, 2.05) is 13.8 Å². The maximum absolute atomic E-state index is 10.9. The zero-order valence-corrected chi connectivity index (χ0v) is 7.31. The Balaban J connectivity index is 3.76. The number of likely N-dealkylation sites (N-methyl/N-ethyl adjacent to an activating group) is 1. The van der Waals surface area contributed by atoms with Crippen LogP contribution in [0.4, 0.5) is 0 Å². The van der Waals surface area contributed by atoms with E-state index in [2.05, 4.69) is 5.32 Å². The van der Waals surface area contributed by atoms with Crippen molar-refractivity contribution in [3.8, 4) is 0 Å². The number of hydrogen-bond donors (Lipinski definition) is 1. The van der Waals surface area contributed by atoms with Crippen molar-refractivity contribution in [1.29, 1.82) is 0 Å². The normalized spacial score (nSPS) is 11.0. The van der Waals surface area contributed by atoms with Gasteiger partial charge in [0.1, 0.15) is 0 Å². The number of nitrogens with one attached hydrogen (secondary N) is 1. The van der Waals surface area contributed by atoms with Crippen molar-refractivity contribution in [2.24, 2.45) is 0 Å². The third-order valence-corrected chi connectivity index (χ3v) is 1.06. The molecular formula is C8H15NO2. The molecule has 0 aromatic rings. The topological polar surface area (TPSA) is 38.3 Å². The third kappa shape index (κ3) is 5.45. The van der Waals surface area contributed by atoms with E-state index in [1.165, 1.54) is 6.08 Å². The van der Waals surface area contributed by atoms with Crippen molar-refractivity contribution in [3.05, 3.63) is 11.8 Å². The van der Waals surface area contributed by atoms with Crippen molar-refractivity contribution in [1.82, 2.24) is 5.32 Å². The third-order valence-electron chi connectivity index (χ3n) is 1.06. The van der Waals surface area contributed by atoms with Gasteiger partial charge in [-0.3, -0.25) is 4.79 Å². The molecule has 0 spiro atoms. The molecule has 11 heavy (non-hydrogen) atoms. The average Bonchev–Trinajstić information content (AvgIpc) is 1.87. The molecule has 0 aromatic carbocycles. The molecule has 0 heterocycles. The van der Waals surface area contributed by atoms with Gasteiger partial charge in [-0.25, -0.2) is 0 Å². The molecule has 0 unspecified atom stereocenters. The summed E-state index contributed by atoms with van der Waals surface area (Å²) in [5, 5.41) is 2.64. The fourth-order valence-electron chi connectivity index (χ4n) is 0.679. The summed E-state index contributed by atoms with van der Waals surface area (Å²) < 4.78 is 5.06. The Labute approximate surface area is 67.4 Å². The maximum atomic E-state index is 10.9. The lowest BCUT2D eigenvalue weighted by Gasteiger charge is -2.01. The Hall–Kier alpha value is -0.990. The molecule has 0 saturated carbocycles. The van der Waals surface area contributed by atoms with E-state index in [1.54, 1.807) is 6.92 Å². The highest BCUT2D eigenvalue weighted by Crippen LogP contribution is 1.93. The standard InChI is InChI=1S/C8H15NO2/c1-4-9-8(10)6-7(3)11-5-2/h6H,4-5H2,1-3H3,(H,9,10)/b7-6+. The fourth-order valence-corrected chi connectivity index (χ4v) is 0.679. The molecule has 0 rings (SSSR count). The van der Waals surface area contributed by atoms with Gasteiger partial charge in [-0.2, -0.15) is 0 Å². The quantitative estimate of drug-likeness (QED) is 0.489. The highest BCUT2D eigenvalue weighted by atomic mass is 16.5. The molecule has 3 nitrogen and oxygen atoms in total. The van der Waals surface area contributed by atoms with Gasteiger partial charge in [0.25, 0.3) is 0 Å². The minimum Gasteiger partial charge on any atom is -0.498 e. The van der Waals surface area contributed by atoms with Gasteiger partial charge >= 0.3 is 0 Å². The zero-order chi connectivity index (χ0) is 8.69. The van der Waals surface area contributed by atoms with Crippen molar-refractivity contribution in [2.75, 3.05) is 13.2 Å². The first kappa shape index (κ1) is 10.0. The molecule has 0 radical (unpaired) electrons. The predicted octanol–water partition coefficient (Wildman–Crippen LogP) is 1.06. The van der Waals surface area contributed by atoms with Crippen LogP contribution < -0.4 is 5.32 Å². The second-order valence-corrected chi connectivity index (χ2v) is 2.08. The Kier molecular flexibility index (Phi) is 5.25. The smallest absolute Gasteiger partial charge is 0.247 e. The first-order valence-corrected chi connectivity index (χ1v) is 3.79. The van der Waals surface area contributed by atoms with E-state index in [0.29, 0.717) is 18.9 Å². The van der Waals surface area contributed by atoms with Crippen molar-refractivity contribution < 1.29 is 9.53 Å². The summed E-state index contributed by atoms with van der Waals surface area (Å²) in [6.45, 7) is 6.77. The zero-order valence-electron chi connectivity index (χ0n) is 7.31. The first-order chi connectivity index (χ1) is 5.20. The number of carbonyl (C=O) groups is 1. The lowest BCUT2D eigenvalue weighted by atomic mass is 10.4. The molecule has 3 heteroatoms. The summed E-state index contributed by atoms with van der Waals surface area (Å²) in [4.78, 5) is 10.9. The van der Waals surface area contributed by atoms with Crippen LogP contribution in [0, 0.1) is 0 Å². The number of amides is 1. The summed E-state index contributed by atoms with van der Waals surface area (Å²) in [6.07, 6.45) is 1.45. The van der Waals surface area contributed by atoms with Gasteiger partial charge in [0, 0.05) is 12.6 Å². The Bertz CT molecular complexity index is 152. The summed E-state index contributed by atoms with van der Waals surface area (Å²) in [5.74, 6) is 0.553. The largest absolute Gasteiger partial charge is 0.498 e. The SMILES string of the molecule is CCNC(=O)/C=C(\C)OCC. The lowest BCUT2D eigenvalue weighted by molar-refractivity contribution is -0.116. The highest BCUT2D eigenvalue weighted by molar-refractivity contribution is 5.87. The van der Waals surface area contributed by atoms with Gasteiger partial charge in [0.15, 0.2) is 0 Å². The van der Waals surface area contributed by atoms with E-state index < -0.39 is 0 Å². The number of allylic oxidation sites excluding steroid dienone is 1. The fraction of sp³-hybridized carbons (Fsp3) is 0.625. The molecule has 0 fully saturated rings. The van der Waals surface area contributed by atoms with Crippen LogP contribution in [0.25, 0.3) is 0 Å². The predicted molar refractivity (Wildman–Crippen MR) is 44.1 cm³/mol. The van der Waals surface area contributed by atoms with E-state index in [4.69, 9.17) is 4.74 Å². The van der Waals surface area contributed by atoms with Crippen LogP contribution in [0.1, 0.15) is 20.8 Å². The van der Waals surface area contributed by atoms with Crippen LogP contribution in [0.5, 0.6) is 0 Å². The van der Waals surface area contributed by atoms with Gasteiger partial charge < -0.3 is 10.1 Å². The number of ether oxygens (including phenoxy) is 1. The molecule has 0 aliphatic carbocycles. The monoisotopic (exact) mass is 157 g/mol. The Morgan fingerprint density at radius 1 is 1.55 bits per heavy atom. The van der Waals surface area contributed by atoms with Gasteiger partial charge in [0.05, 0.1) is 12.4 Å². The minimum absolute atomic E-state index is 0.0987. The lowest BCUT2D eigenvalue weighted by Crippen LogP contribution is -2.20. The van der Waals surface area contributed by atoms with E-state index in [0.717, 1.165) is 0 Å². The van der Waals surface area contributed by atoms with Gasteiger partial charge in [-0.1, -0.05) is 0 Å². The molecule has 0 aliphatic heterocycles. The van der Waals surface area contributed by atoms with E-state index in [9.17, 15) is 4.79 Å². The van der Waals surface area contributed by atoms with Crippen LogP contribution >= 0.6 is 0 Å². The van der Waals surface area contributed by atoms with Crippen molar-refractivity contribution in [3.63, 3.8) is 0 Å². The maximum Gasteiger partial charge on any atom is 0.247 e. The molecule has 0 bridgehead atoms. The summed E-state index contributed by atoms with van der Waals surface area (Å²) in [5.41, 5.74) is 0. The molecule has 0 saturated heterocycles. The molecule has 0 aliphatic rings. The first-order valence-electron chi connectivity index (χ1n) is 3.79. The number of rotatable bonds is 4.